The molecule has 0 atom stereocenters. The SMILES string of the molecule is C=C(/N=C1\C(=C/N)N(C)C(=O)C(F)(F)CN1C(C)C)Nc1cc(F)c(C(=O)NC2CCN(C)CC2)cc1OC. The van der Waals surface area contributed by atoms with E-state index < -0.39 is 36.1 Å². The topological polar surface area (TPSA) is 116 Å². The number of alkyl halides is 2. The number of amidine groups is 1. The van der Waals surface area contributed by atoms with Crippen LogP contribution in [-0.2, 0) is 4.79 Å². The molecular formula is C26H36F3N7O3. The van der Waals surface area contributed by atoms with Gasteiger partial charge in [0, 0.05) is 31.4 Å². The molecule has 0 radical (unpaired) electrons. The van der Waals surface area contributed by atoms with Gasteiger partial charge < -0.3 is 35.8 Å². The van der Waals surface area contributed by atoms with Crippen LogP contribution in [0.25, 0.3) is 0 Å². The number of carbonyl (C=O) groups excluding carboxylic acids is 2. The van der Waals surface area contributed by atoms with Crippen LogP contribution in [0.4, 0.5) is 18.9 Å². The molecule has 2 aliphatic rings. The average Bonchev–Trinajstić information content (AvgIpc) is 2.94. The van der Waals surface area contributed by atoms with Crippen molar-refractivity contribution >= 4 is 23.3 Å². The maximum absolute atomic E-state index is 15.1. The zero-order chi connectivity index (χ0) is 29.1. The molecule has 0 bridgehead atoms. The van der Waals surface area contributed by atoms with Gasteiger partial charge >= 0.3 is 5.92 Å². The normalized spacial score (nSPS) is 20.9. The van der Waals surface area contributed by atoms with E-state index in [1.54, 1.807) is 13.8 Å². The smallest absolute Gasteiger partial charge is 0.342 e. The first-order valence-corrected chi connectivity index (χ1v) is 12.6. The van der Waals surface area contributed by atoms with Crippen molar-refractivity contribution in [1.82, 2.24) is 20.0 Å². The lowest BCUT2D eigenvalue weighted by Crippen LogP contribution is -2.46. The molecule has 2 heterocycles. The zero-order valence-electron chi connectivity index (χ0n) is 22.9. The lowest BCUT2D eigenvalue weighted by molar-refractivity contribution is -0.154. The summed E-state index contributed by atoms with van der Waals surface area (Å²) in [5, 5.41) is 5.67. The molecule has 0 spiro atoms. The van der Waals surface area contributed by atoms with Crippen LogP contribution in [0.2, 0.25) is 0 Å². The van der Waals surface area contributed by atoms with Crippen LogP contribution in [-0.4, -0.2) is 91.2 Å². The monoisotopic (exact) mass is 551 g/mol. The molecule has 1 aromatic rings. The number of nitrogens with two attached hydrogens (primary N) is 1. The van der Waals surface area contributed by atoms with E-state index in [2.05, 4.69) is 27.1 Å². The molecule has 0 aliphatic carbocycles. The molecule has 13 heteroatoms. The van der Waals surface area contributed by atoms with Gasteiger partial charge in [0.15, 0.2) is 5.84 Å². The molecule has 10 nitrogen and oxygen atoms in total. The molecule has 39 heavy (non-hydrogen) atoms. The number of hydrogen-bond acceptors (Lipinski definition) is 7. The van der Waals surface area contributed by atoms with Gasteiger partial charge in [-0.25, -0.2) is 9.38 Å². The second-order valence-electron chi connectivity index (χ2n) is 9.93. The number of nitrogens with zero attached hydrogens (tertiary/aromatic N) is 4. The summed E-state index contributed by atoms with van der Waals surface area (Å²) in [7, 11) is 4.54. The maximum atomic E-state index is 15.1. The van der Waals surface area contributed by atoms with E-state index in [-0.39, 0.29) is 40.4 Å². The largest absolute Gasteiger partial charge is 0.495 e. The quantitative estimate of drug-likeness (QED) is 0.477. The van der Waals surface area contributed by atoms with Crippen LogP contribution in [0, 0.1) is 5.82 Å². The van der Waals surface area contributed by atoms with E-state index in [4.69, 9.17) is 10.5 Å². The van der Waals surface area contributed by atoms with Crippen molar-refractivity contribution in [3.05, 3.63) is 47.8 Å². The number of methoxy groups -OCH3 is 1. The fraction of sp³-hybridized carbons (Fsp3) is 0.500. The van der Waals surface area contributed by atoms with Gasteiger partial charge in [-0.05, 0) is 52.9 Å². The fourth-order valence-electron chi connectivity index (χ4n) is 4.46. The zero-order valence-corrected chi connectivity index (χ0v) is 22.9. The number of hydrogen-bond donors (Lipinski definition) is 3. The van der Waals surface area contributed by atoms with Crippen molar-refractivity contribution in [3.63, 3.8) is 0 Å². The van der Waals surface area contributed by atoms with Crippen LogP contribution in [0.3, 0.4) is 0 Å². The predicted molar refractivity (Wildman–Crippen MR) is 143 cm³/mol. The first kappa shape index (κ1) is 29.8. The summed E-state index contributed by atoms with van der Waals surface area (Å²) in [5.41, 5.74) is 5.59. The highest BCUT2D eigenvalue weighted by Gasteiger charge is 2.48. The molecule has 2 fully saturated rings. The molecule has 3 rings (SSSR count). The van der Waals surface area contributed by atoms with Crippen molar-refractivity contribution in [2.45, 2.75) is 44.7 Å². The minimum Gasteiger partial charge on any atom is -0.495 e. The number of benzene rings is 1. The van der Waals surface area contributed by atoms with Crippen molar-refractivity contribution in [2.24, 2.45) is 10.7 Å². The van der Waals surface area contributed by atoms with E-state index >= 15 is 4.39 Å². The summed E-state index contributed by atoms with van der Waals surface area (Å²) in [4.78, 5) is 33.6. The second-order valence-corrected chi connectivity index (χ2v) is 9.93. The highest BCUT2D eigenvalue weighted by atomic mass is 19.3. The number of amides is 2. The van der Waals surface area contributed by atoms with Gasteiger partial charge in [0.1, 0.15) is 23.1 Å². The summed E-state index contributed by atoms with van der Waals surface area (Å²) in [6.45, 7) is 7.90. The minimum atomic E-state index is -3.68. The number of anilines is 1. The third-order valence-electron chi connectivity index (χ3n) is 6.74. The lowest BCUT2D eigenvalue weighted by atomic mass is 10.0. The Hall–Kier alpha value is -3.74. The number of likely N-dealkylation sites (tertiary alicyclic amines) is 1. The minimum absolute atomic E-state index is 0.0217. The summed E-state index contributed by atoms with van der Waals surface area (Å²) < 4.78 is 49.7. The van der Waals surface area contributed by atoms with E-state index in [1.807, 2.05) is 7.05 Å². The second kappa shape index (κ2) is 12.0. The molecule has 2 aliphatic heterocycles. The Morgan fingerprint density at radius 3 is 2.49 bits per heavy atom. The highest BCUT2D eigenvalue weighted by Crippen LogP contribution is 2.31. The summed E-state index contributed by atoms with van der Waals surface area (Å²) in [5.74, 6) is -6.41. The Morgan fingerprint density at radius 2 is 1.92 bits per heavy atom. The Bertz CT molecular complexity index is 1180. The first-order valence-electron chi connectivity index (χ1n) is 12.6. The van der Waals surface area contributed by atoms with Crippen LogP contribution in [0.1, 0.15) is 37.0 Å². The van der Waals surface area contributed by atoms with Gasteiger partial charge in [0.05, 0.1) is 24.9 Å². The summed E-state index contributed by atoms with van der Waals surface area (Å²) in [6.07, 6.45) is 2.54. The molecule has 0 saturated carbocycles. The highest BCUT2D eigenvalue weighted by molar-refractivity contribution is 6.05. The van der Waals surface area contributed by atoms with Gasteiger partial charge in [-0.2, -0.15) is 8.78 Å². The number of halogens is 3. The van der Waals surface area contributed by atoms with Crippen LogP contribution in [0.15, 0.2) is 41.4 Å². The van der Waals surface area contributed by atoms with Gasteiger partial charge in [-0.15, -0.1) is 0 Å². The lowest BCUT2D eigenvalue weighted by Gasteiger charge is -2.30. The predicted octanol–water partition coefficient (Wildman–Crippen LogP) is 2.56. The average molecular weight is 552 g/mol. The molecule has 2 amide bonds. The van der Waals surface area contributed by atoms with E-state index in [0.717, 1.165) is 43.1 Å². The molecule has 2 saturated heterocycles. The number of aliphatic imine (C=N–C) groups is 1. The number of rotatable bonds is 7. The van der Waals surface area contributed by atoms with Gasteiger partial charge in [0.2, 0.25) is 0 Å². The molecule has 1 aromatic carbocycles. The van der Waals surface area contributed by atoms with E-state index in [0.29, 0.717) is 0 Å². The molecule has 4 N–H and O–H groups in total. The Labute approximate surface area is 226 Å². The molecule has 0 unspecified atom stereocenters. The Kier molecular flexibility index (Phi) is 9.15. The first-order chi connectivity index (χ1) is 18.3. The summed E-state index contributed by atoms with van der Waals surface area (Å²) >= 11 is 0. The van der Waals surface area contributed by atoms with Crippen molar-refractivity contribution < 1.29 is 27.5 Å². The van der Waals surface area contributed by atoms with Gasteiger partial charge in [-0.3, -0.25) is 9.59 Å². The van der Waals surface area contributed by atoms with Crippen molar-refractivity contribution in [2.75, 3.05) is 46.2 Å². The standard InChI is InChI=1S/C26H36F3N7O3/c1-15(2)36-14-26(28,29)25(38)35(5)21(13-30)23(36)32-16(3)31-20-12-19(27)18(11-22(20)39-6)24(37)33-17-7-9-34(4)10-8-17/h11-13,15,17,31H,3,7-10,14,30H2,1-2,4-6H3,(H,33,37)/b21-13+,32-23+. The van der Waals surface area contributed by atoms with E-state index in [1.165, 1.54) is 25.1 Å². The third-order valence-corrected chi connectivity index (χ3v) is 6.74. The molecule has 214 valence electrons. The third kappa shape index (κ3) is 6.64. The van der Waals surface area contributed by atoms with Crippen LogP contribution >= 0.6 is 0 Å². The molecular weight excluding hydrogens is 515 g/mol. The van der Waals surface area contributed by atoms with Gasteiger partial charge in [0.25, 0.3) is 11.8 Å². The Balaban J connectivity index is 1.88. The number of nitrogens with one attached hydrogen (secondary N) is 2. The van der Waals surface area contributed by atoms with Gasteiger partial charge in [-0.1, -0.05) is 6.58 Å². The number of ether oxygens (including phenoxy) is 1. The van der Waals surface area contributed by atoms with E-state index in [9.17, 15) is 18.4 Å². The Morgan fingerprint density at radius 1 is 1.28 bits per heavy atom. The van der Waals surface area contributed by atoms with Crippen molar-refractivity contribution in [1.29, 1.82) is 0 Å². The number of likely N-dealkylation sites (N-methyl/N-ethyl adjacent to an activating group) is 1. The maximum Gasteiger partial charge on any atom is 0.342 e. The number of carbonyl (C=O) groups is 2. The van der Waals surface area contributed by atoms with Crippen molar-refractivity contribution in [3.8, 4) is 5.75 Å². The fourth-order valence-corrected chi connectivity index (χ4v) is 4.46. The summed E-state index contributed by atoms with van der Waals surface area (Å²) in [6, 6.07) is 1.81. The van der Waals surface area contributed by atoms with Crippen LogP contribution < -0.4 is 21.1 Å². The number of piperidine rings is 1. The van der Waals surface area contributed by atoms with Crippen LogP contribution in [0.5, 0.6) is 5.75 Å². The molecule has 0 aromatic heterocycles.